The molecule has 2 nitrogen and oxygen atoms in total. The van der Waals surface area contributed by atoms with Crippen molar-refractivity contribution in [2.75, 3.05) is 6.54 Å². The number of likely N-dealkylation sites (N-methyl/N-ethyl adjacent to an activating group) is 1. The molecule has 2 rings (SSSR count). The van der Waals surface area contributed by atoms with Gasteiger partial charge in [0.25, 0.3) is 0 Å². The fraction of sp³-hybridized carbons (Fsp3) is 0.353. The van der Waals surface area contributed by atoms with Crippen LogP contribution in [0.2, 0.25) is 0 Å². The van der Waals surface area contributed by atoms with Crippen molar-refractivity contribution in [2.24, 2.45) is 0 Å². The second kappa shape index (κ2) is 7.18. The van der Waals surface area contributed by atoms with Crippen LogP contribution in [0.3, 0.4) is 0 Å². The minimum atomic E-state index is 0.321. The highest BCUT2D eigenvalue weighted by Crippen LogP contribution is 2.25. The molecule has 0 spiro atoms. The molecule has 0 radical (unpaired) electrons. The maximum absolute atomic E-state index is 4.54. The summed E-state index contributed by atoms with van der Waals surface area (Å²) in [7, 11) is 0. The van der Waals surface area contributed by atoms with Gasteiger partial charge in [-0.25, -0.2) is 0 Å². The lowest BCUT2D eigenvalue weighted by Gasteiger charge is -2.20. The van der Waals surface area contributed by atoms with Crippen molar-refractivity contribution in [3.05, 3.63) is 62.5 Å². The molecule has 1 N–H and O–H groups in total. The molecule has 0 aliphatic rings. The van der Waals surface area contributed by atoms with Gasteiger partial charge in [0.05, 0.1) is 0 Å². The van der Waals surface area contributed by atoms with Gasteiger partial charge in [0, 0.05) is 27.9 Å². The highest BCUT2D eigenvalue weighted by atomic mass is 127. The number of rotatable bonds is 5. The molecule has 0 aliphatic heterocycles. The first-order valence-electron chi connectivity index (χ1n) is 7.01. The molecule has 0 fully saturated rings. The van der Waals surface area contributed by atoms with E-state index in [1.807, 2.05) is 6.20 Å². The molecular formula is C17H21IN2. The highest BCUT2D eigenvalue weighted by Gasteiger charge is 2.15. The van der Waals surface area contributed by atoms with E-state index >= 15 is 0 Å². The first-order chi connectivity index (χ1) is 9.61. The summed E-state index contributed by atoms with van der Waals surface area (Å²) in [4.78, 5) is 4.54. The molecule has 0 amide bonds. The lowest BCUT2D eigenvalue weighted by atomic mass is 9.99. The minimum absolute atomic E-state index is 0.321. The van der Waals surface area contributed by atoms with E-state index in [0.717, 1.165) is 18.7 Å². The Kier molecular flexibility index (Phi) is 5.54. The standard InChI is InChI=1S/C17H21IN2/c1-4-19-16(10-14-9-8-12(2)11-20-14)15-7-5-6-13(3)17(15)18/h5-9,11,16,19H,4,10H2,1-3H3. The van der Waals surface area contributed by atoms with Gasteiger partial charge in [-0.2, -0.15) is 0 Å². The molecule has 0 bridgehead atoms. The van der Waals surface area contributed by atoms with E-state index in [2.05, 4.69) is 84.0 Å². The van der Waals surface area contributed by atoms with Crippen molar-refractivity contribution in [1.82, 2.24) is 10.3 Å². The van der Waals surface area contributed by atoms with Crippen LogP contribution in [0.15, 0.2) is 36.5 Å². The number of aryl methyl sites for hydroxylation is 2. The van der Waals surface area contributed by atoms with Crippen molar-refractivity contribution in [3.63, 3.8) is 0 Å². The number of benzene rings is 1. The Morgan fingerprint density at radius 2 is 2.00 bits per heavy atom. The summed E-state index contributed by atoms with van der Waals surface area (Å²) >= 11 is 2.45. The summed E-state index contributed by atoms with van der Waals surface area (Å²) in [5.41, 5.74) is 5.05. The van der Waals surface area contributed by atoms with Crippen molar-refractivity contribution >= 4 is 22.6 Å². The maximum Gasteiger partial charge on any atom is 0.0422 e. The third kappa shape index (κ3) is 3.79. The molecule has 20 heavy (non-hydrogen) atoms. The van der Waals surface area contributed by atoms with Crippen LogP contribution in [-0.4, -0.2) is 11.5 Å². The van der Waals surface area contributed by atoms with E-state index in [9.17, 15) is 0 Å². The second-order valence-corrected chi connectivity index (χ2v) is 6.20. The van der Waals surface area contributed by atoms with Gasteiger partial charge in [0.15, 0.2) is 0 Å². The zero-order chi connectivity index (χ0) is 14.5. The van der Waals surface area contributed by atoms with Crippen molar-refractivity contribution in [1.29, 1.82) is 0 Å². The Labute approximate surface area is 135 Å². The zero-order valence-corrected chi connectivity index (χ0v) is 14.4. The monoisotopic (exact) mass is 380 g/mol. The molecule has 0 saturated carbocycles. The zero-order valence-electron chi connectivity index (χ0n) is 12.3. The van der Waals surface area contributed by atoms with Crippen molar-refractivity contribution in [2.45, 2.75) is 33.2 Å². The first kappa shape index (κ1) is 15.4. The maximum atomic E-state index is 4.54. The molecule has 0 saturated heterocycles. The summed E-state index contributed by atoms with van der Waals surface area (Å²) in [6.45, 7) is 7.35. The molecule has 1 atom stereocenters. The Morgan fingerprint density at radius 1 is 1.20 bits per heavy atom. The number of hydrogen-bond donors (Lipinski definition) is 1. The summed E-state index contributed by atoms with van der Waals surface area (Å²) in [6, 6.07) is 11.1. The van der Waals surface area contributed by atoms with E-state index in [4.69, 9.17) is 0 Å². The van der Waals surface area contributed by atoms with Crippen LogP contribution in [-0.2, 0) is 6.42 Å². The quantitative estimate of drug-likeness (QED) is 0.787. The van der Waals surface area contributed by atoms with Crippen LogP contribution in [0.5, 0.6) is 0 Å². The van der Waals surface area contributed by atoms with E-state index < -0.39 is 0 Å². The van der Waals surface area contributed by atoms with E-state index in [0.29, 0.717) is 6.04 Å². The lowest BCUT2D eigenvalue weighted by Crippen LogP contribution is -2.24. The number of pyridine rings is 1. The Bertz CT molecular complexity index is 564. The smallest absolute Gasteiger partial charge is 0.0422 e. The summed E-state index contributed by atoms with van der Waals surface area (Å²) < 4.78 is 1.35. The minimum Gasteiger partial charge on any atom is -0.310 e. The van der Waals surface area contributed by atoms with E-state index in [-0.39, 0.29) is 0 Å². The summed E-state index contributed by atoms with van der Waals surface area (Å²) in [5, 5.41) is 3.59. The number of halogens is 1. The van der Waals surface area contributed by atoms with E-state index in [1.165, 1.54) is 20.3 Å². The topological polar surface area (TPSA) is 24.9 Å². The van der Waals surface area contributed by atoms with Gasteiger partial charge >= 0.3 is 0 Å². The van der Waals surface area contributed by atoms with Crippen LogP contribution >= 0.6 is 22.6 Å². The molecule has 0 aliphatic carbocycles. The Hall–Kier alpha value is -0.940. The highest BCUT2D eigenvalue weighted by molar-refractivity contribution is 14.1. The Balaban J connectivity index is 2.26. The molecule has 1 aromatic carbocycles. The SMILES string of the molecule is CCNC(Cc1ccc(C)cn1)c1cccc(C)c1I. The van der Waals surface area contributed by atoms with Gasteiger partial charge in [-0.05, 0) is 65.7 Å². The largest absolute Gasteiger partial charge is 0.310 e. The molecule has 1 unspecified atom stereocenters. The summed E-state index contributed by atoms with van der Waals surface area (Å²) in [5.74, 6) is 0. The van der Waals surface area contributed by atoms with Gasteiger partial charge in [0.1, 0.15) is 0 Å². The Morgan fingerprint density at radius 3 is 2.65 bits per heavy atom. The number of nitrogens with zero attached hydrogens (tertiary/aromatic N) is 1. The van der Waals surface area contributed by atoms with Crippen LogP contribution in [0, 0.1) is 17.4 Å². The molecule has 3 heteroatoms. The lowest BCUT2D eigenvalue weighted by molar-refractivity contribution is 0.541. The number of nitrogens with one attached hydrogen (secondary N) is 1. The third-order valence-corrected chi connectivity index (χ3v) is 4.91. The molecule has 106 valence electrons. The molecule has 2 aromatic rings. The number of aromatic nitrogens is 1. The molecule has 1 aromatic heterocycles. The van der Waals surface area contributed by atoms with Crippen molar-refractivity contribution in [3.8, 4) is 0 Å². The average Bonchev–Trinajstić information content (AvgIpc) is 2.44. The predicted octanol–water partition coefficient (Wildman–Crippen LogP) is 4.20. The fourth-order valence-electron chi connectivity index (χ4n) is 2.31. The average molecular weight is 380 g/mol. The van der Waals surface area contributed by atoms with Gasteiger partial charge in [-0.3, -0.25) is 4.98 Å². The first-order valence-corrected chi connectivity index (χ1v) is 8.09. The molecule has 1 heterocycles. The predicted molar refractivity (Wildman–Crippen MR) is 93.0 cm³/mol. The summed E-state index contributed by atoms with van der Waals surface area (Å²) in [6.07, 6.45) is 2.87. The van der Waals surface area contributed by atoms with Crippen LogP contribution in [0.4, 0.5) is 0 Å². The van der Waals surface area contributed by atoms with Gasteiger partial charge < -0.3 is 5.32 Å². The van der Waals surface area contributed by atoms with Crippen molar-refractivity contribution < 1.29 is 0 Å². The molecular weight excluding hydrogens is 359 g/mol. The van der Waals surface area contributed by atoms with Gasteiger partial charge in [0.2, 0.25) is 0 Å². The number of hydrogen-bond acceptors (Lipinski definition) is 2. The third-order valence-electron chi connectivity index (χ3n) is 3.43. The van der Waals surface area contributed by atoms with E-state index in [1.54, 1.807) is 0 Å². The van der Waals surface area contributed by atoms with Gasteiger partial charge in [-0.15, -0.1) is 0 Å². The normalized spacial score (nSPS) is 12.4. The van der Waals surface area contributed by atoms with Crippen LogP contribution < -0.4 is 5.32 Å². The van der Waals surface area contributed by atoms with Gasteiger partial charge in [-0.1, -0.05) is 31.2 Å². The fourth-order valence-corrected chi connectivity index (χ4v) is 3.04. The second-order valence-electron chi connectivity index (χ2n) is 5.12. The van der Waals surface area contributed by atoms with Crippen LogP contribution in [0.25, 0.3) is 0 Å². The van der Waals surface area contributed by atoms with Crippen LogP contribution in [0.1, 0.15) is 35.3 Å².